The maximum absolute atomic E-state index is 14.1. The van der Waals surface area contributed by atoms with E-state index in [2.05, 4.69) is 50.8 Å². The molecule has 11 heteroatoms. The van der Waals surface area contributed by atoms with Crippen LogP contribution in [0.3, 0.4) is 0 Å². The largest absolute Gasteiger partial charge is 0.393 e. The maximum Gasteiger partial charge on any atom is 0.266 e. The van der Waals surface area contributed by atoms with Gasteiger partial charge in [-0.3, -0.25) is 9.35 Å². The van der Waals surface area contributed by atoms with E-state index >= 15 is 0 Å². The molecule has 0 radical (unpaired) electrons. The predicted octanol–water partition coefficient (Wildman–Crippen LogP) is 9.15. The van der Waals surface area contributed by atoms with E-state index in [9.17, 15) is 38.2 Å². The van der Waals surface area contributed by atoms with Gasteiger partial charge in [0.25, 0.3) is 10.1 Å². The zero-order valence-corrected chi connectivity index (χ0v) is 41.7. The Bertz CT molecular complexity index is 1650. The van der Waals surface area contributed by atoms with Gasteiger partial charge in [-0.25, -0.2) is 0 Å². The summed E-state index contributed by atoms with van der Waals surface area (Å²) in [5.74, 6) is 4.04. The van der Waals surface area contributed by atoms with Crippen molar-refractivity contribution in [1.29, 1.82) is 0 Å². The van der Waals surface area contributed by atoms with E-state index in [0.717, 1.165) is 135 Å². The quantitative estimate of drug-likeness (QED) is 0.0806. The number of aliphatic hydroxyl groups is 4. The smallest absolute Gasteiger partial charge is 0.266 e. The highest BCUT2D eigenvalue weighted by molar-refractivity contribution is 7.85. The molecule has 0 aromatic rings. The van der Waals surface area contributed by atoms with Gasteiger partial charge in [0.15, 0.2) is 0 Å². The van der Waals surface area contributed by atoms with Crippen LogP contribution in [0.1, 0.15) is 176 Å². The van der Waals surface area contributed by atoms with E-state index in [4.69, 9.17) is 0 Å². The third-order valence-corrected chi connectivity index (χ3v) is 22.2. The average Bonchev–Trinajstić information content (AvgIpc) is 3.54. The van der Waals surface area contributed by atoms with Gasteiger partial charge in [0.05, 0.1) is 30.2 Å². The van der Waals surface area contributed by atoms with E-state index in [1.165, 1.54) is 0 Å². The summed E-state index contributed by atoms with van der Waals surface area (Å²) < 4.78 is 33.7. The Hall–Kier alpha value is -0.350. The molecule has 5 N–H and O–H groups in total. The molecular formula is C51H90NO8PS. The van der Waals surface area contributed by atoms with Gasteiger partial charge < -0.3 is 25.3 Å². The zero-order valence-electron chi connectivity index (χ0n) is 39.7. The minimum absolute atomic E-state index is 0.00796. The highest BCUT2D eigenvalue weighted by atomic mass is 32.2. The van der Waals surface area contributed by atoms with Crippen molar-refractivity contribution in [2.24, 2.45) is 86.8 Å². The van der Waals surface area contributed by atoms with Crippen LogP contribution in [0.2, 0.25) is 0 Å². The first-order valence-electron chi connectivity index (χ1n) is 25.8. The van der Waals surface area contributed by atoms with Gasteiger partial charge in [0.1, 0.15) is 0 Å². The van der Waals surface area contributed by atoms with Crippen LogP contribution in [-0.2, 0) is 14.9 Å². The Kier molecular flexibility index (Phi) is 15.5. The standard InChI is InChI=1S/C51H90NO8PS/c1-32(40-13-14-41(51(40,6)22-25-61)38-31-48(3)19-16-36(53)27-34(48)29-44(38)55)9-8-23-52(24-26-62(58,59)60)46(57)15-12-33(2)39-10-7-11-42-47-43(18-21-50(39,42)5)49(4)20-17-37(54)28-35(49)30-45(47)56/h32-45,47,53-56H,7-31,61H2,1-6H3,(H,58,59,60)/t32-,33-,34?,35?,36-,37-,38?,39-,40-,41?,42?,43?,44+,45+,47+,48-,49+,50-,51-/m1/s1. The van der Waals surface area contributed by atoms with Crippen LogP contribution in [0, 0.1) is 86.8 Å². The molecule has 1 amide bonds. The zero-order chi connectivity index (χ0) is 45.0. The Balaban J connectivity index is 0.961. The van der Waals surface area contributed by atoms with Gasteiger partial charge in [-0.05, 0) is 215 Å². The summed E-state index contributed by atoms with van der Waals surface area (Å²) in [5, 5.41) is 44.4. The van der Waals surface area contributed by atoms with Gasteiger partial charge in [0.2, 0.25) is 5.91 Å². The highest BCUT2D eigenvalue weighted by Crippen LogP contribution is 2.68. The number of nitrogens with zero attached hydrogens (tertiary/aromatic N) is 1. The number of hydrogen-bond acceptors (Lipinski definition) is 7. The first-order valence-corrected chi connectivity index (χ1v) is 28.2. The van der Waals surface area contributed by atoms with E-state index < -0.39 is 15.9 Å². The molecule has 7 aliphatic rings. The molecule has 7 unspecified atom stereocenters. The number of aliphatic hydroxyl groups excluding tert-OH is 4. The summed E-state index contributed by atoms with van der Waals surface area (Å²) in [4.78, 5) is 15.8. The number of hydrogen-bond donors (Lipinski definition) is 5. The Morgan fingerprint density at radius 1 is 0.726 bits per heavy atom. The summed E-state index contributed by atoms with van der Waals surface area (Å²) in [6.45, 7) is 15.0. The van der Waals surface area contributed by atoms with Gasteiger partial charge in [-0.15, -0.1) is 9.24 Å². The van der Waals surface area contributed by atoms with Gasteiger partial charge in [0, 0.05) is 19.5 Å². The third kappa shape index (κ3) is 9.81. The molecule has 0 spiro atoms. The fourth-order valence-corrected chi connectivity index (χ4v) is 18.8. The van der Waals surface area contributed by atoms with Crippen molar-refractivity contribution in [1.82, 2.24) is 4.90 Å². The van der Waals surface area contributed by atoms with Gasteiger partial charge >= 0.3 is 0 Å². The van der Waals surface area contributed by atoms with Crippen LogP contribution >= 0.6 is 9.24 Å². The van der Waals surface area contributed by atoms with Crippen molar-refractivity contribution in [2.45, 2.75) is 201 Å². The van der Waals surface area contributed by atoms with Gasteiger partial charge in [-0.2, -0.15) is 8.42 Å². The summed E-state index contributed by atoms with van der Waals surface area (Å²) >= 11 is 0. The number of carbonyl (C=O) groups is 1. The minimum atomic E-state index is -4.23. The predicted molar refractivity (Wildman–Crippen MR) is 251 cm³/mol. The van der Waals surface area contributed by atoms with Crippen molar-refractivity contribution < 1.29 is 38.2 Å². The summed E-state index contributed by atoms with van der Waals surface area (Å²) in [6.07, 6.45) is 20.0. The number of amides is 1. The summed E-state index contributed by atoms with van der Waals surface area (Å²) in [6, 6.07) is 0. The molecule has 9 nitrogen and oxygen atoms in total. The van der Waals surface area contributed by atoms with Crippen molar-refractivity contribution >= 4 is 25.3 Å². The van der Waals surface area contributed by atoms with Crippen LogP contribution in [0.15, 0.2) is 0 Å². The molecule has 358 valence electrons. The number of rotatable bonds is 15. The summed E-state index contributed by atoms with van der Waals surface area (Å²) in [7, 11) is -1.26. The van der Waals surface area contributed by atoms with Crippen molar-refractivity contribution in [3.63, 3.8) is 0 Å². The lowest BCUT2D eigenvalue weighted by Gasteiger charge is -2.65. The Morgan fingerprint density at radius 2 is 1.37 bits per heavy atom. The van der Waals surface area contributed by atoms with Crippen LogP contribution in [0.4, 0.5) is 0 Å². The second-order valence-corrected chi connectivity index (χ2v) is 26.5. The molecule has 7 rings (SSSR count). The first kappa shape index (κ1) is 49.6. The Morgan fingerprint density at radius 3 is 2.08 bits per heavy atom. The number of fused-ring (bicyclic) bond motifs is 6. The number of carbonyl (C=O) groups excluding carboxylic acids is 1. The Labute approximate surface area is 379 Å². The molecule has 0 heterocycles. The lowest BCUT2D eigenvalue weighted by Crippen LogP contribution is -2.61. The van der Waals surface area contributed by atoms with Crippen LogP contribution in [-0.4, -0.2) is 93.6 Å². The van der Waals surface area contributed by atoms with E-state index in [1.54, 1.807) is 4.90 Å². The second kappa shape index (κ2) is 19.3. The first-order chi connectivity index (χ1) is 29.1. The van der Waals surface area contributed by atoms with Crippen LogP contribution in [0.25, 0.3) is 0 Å². The normalized spacial score (nSPS) is 46.7. The van der Waals surface area contributed by atoms with E-state index in [-0.39, 0.29) is 64.4 Å². The molecule has 7 fully saturated rings. The SMILES string of the molecule is C[C@H](CCCN(CCS(=O)(=O)O)C(=O)CC[C@@H](C)[C@H]1CCCC2[C@H]3C(CC[C@@]21C)[C@@]1(C)CC[C@@H](O)CC1C[C@@H]3O)[C@H]1CCC(C2C[C@@]3(C)CC[C@@H](O)CC3C[C@@H]2O)[C@]1(C)CCP. The molecule has 0 aromatic carbocycles. The highest BCUT2D eigenvalue weighted by Gasteiger charge is 2.62. The molecule has 0 saturated heterocycles. The minimum Gasteiger partial charge on any atom is -0.393 e. The molecule has 7 aliphatic carbocycles. The molecule has 0 aliphatic heterocycles. The summed E-state index contributed by atoms with van der Waals surface area (Å²) in [5.41, 5.74) is 0.586. The molecule has 62 heavy (non-hydrogen) atoms. The molecule has 0 bridgehead atoms. The lowest BCUT2D eigenvalue weighted by atomic mass is 9.40. The molecule has 20 atom stereocenters. The maximum atomic E-state index is 14.1. The van der Waals surface area contributed by atoms with Crippen molar-refractivity contribution in [2.75, 3.05) is 25.0 Å². The van der Waals surface area contributed by atoms with Crippen LogP contribution < -0.4 is 0 Å². The fourth-order valence-electron chi connectivity index (χ4n) is 17.7. The van der Waals surface area contributed by atoms with Gasteiger partial charge in [-0.1, -0.05) is 48.0 Å². The lowest BCUT2D eigenvalue weighted by molar-refractivity contribution is -0.195. The van der Waals surface area contributed by atoms with Crippen molar-refractivity contribution in [3.8, 4) is 0 Å². The molecular weight excluding hydrogens is 818 g/mol. The molecule has 0 aromatic heterocycles. The monoisotopic (exact) mass is 908 g/mol. The average molecular weight is 908 g/mol. The second-order valence-electron chi connectivity index (χ2n) is 24.4. The third-order valence-electron chi connectivity index (χ3n) is 21.2. The van der Waals surface area contributed by atoms with Crippen LogP contribution in [0.5, 0.6) is 0 Å². The topological polar surface area (TPSA) is 156 Å². The fraction of sp³-hybridized carbons (Fsp3) is 0.980. The van der Waals surface area contributed by atoms with Crippen molar-refractivity contribution in [3.05, 3.63) is 0 Å². The van der Waals surface area contributed by atoms with E-state index in [0.29, 0.717) is 72.1 Å². The molecule has 7 saturated carbocycles. The van der Waals surface area contributed by atoms with E-state index in [1.807, 2.05) is 0 Å².